The van der Waals surface area contributed by atoms with Crippen LogP contribution in [-0.2, 0) is 16.0 Å². The Balaban J connectivity index is 2.05. The molecule has 8 nitrogen and oxygen atoms in total. The second kappa shape index (κ2) is 11.6. The van der Waals surface area contributed by atoms with E-state index in [1.165, 1.54) is 5.57 Å². The Kier molecular flexibility index (Phi) is 8.99. The highest BCUT2D eigenvalue weighted by Crippen LogP contribution is 2.47. The van der Waals surface area contributed by atoms with Crippen molar-refractivity contribution in [3.05, 3.63) is 47.1 Å². The first-order valence-corrected chi connectivity index (χ1v) is 12.3. The van der Waals surface area contributed by atoms with Crippen LogP contribution in [0.4, 0.5) is 0 Å². The predicted molar refractivity (Wildman–Crippen MR) is 130 cm³/mol. The normalized spacial score (nSPS) is 31.0. The number of phenolic OH excluding ortho intramolecular Hbond substituents is 1. The minimum atomic E-state index is -1.81. The average molecular weight is 491 g/mol. The predicted octanol–water partition coefficient (Wildman–Crippen LogP) is 3.41. The summed E-state index contributed by atoms with van der Waals surface area (Å²) in [5.74, 6) is -1.39. The molecule has 1 fully saturated rings. The van der Waals surface area contributed by atoms with Gasteiger partial charge in [0.25, 0.3) is 0 Å². The van der Waals surface area contributed by atoms with Crippen molar-refractivity contribution in [1.82, 2.24) is 0 Å². The molecule has 0 saturated carbocycles. The molecule has 2 aliphatic rings. The number of aliphatic hydroxyl groups is 3. The number of benzene rings is 1. The van der Waals surface area contributed by atoms with Crippen LogP contribution in [0.2, 0.25) is 0 Å². The van der Waals surface area contributed by atoms with Gasteiger partial charge in [-0.1, -0.05) is 43.6 Å². The topological polar surface area (TPSA) is 137 Å². The van der Waals surface area contributed by atoms with Crippen LogP contribution in [-0.4, -0.2) is 62.2 Å². The largest absolute Gasteiger partial charge is 0.507 e. The van der Waals surface area contributed by atoms with Crippen LogP contribution >= 0.6 is 0 Å². The summed E-state index contributed by atoms with van der Waals surface area (Å²) in [5, 5.41) is 51.4. The third kappa shape index (κ3) is 6.06. The van der Waals surface area contributed by atoms with Crippen molar-refractivity contribution in [2.24, 2.45) is 5.92 Å². The molecule has 0 amide bonds. The summed E-state index contributed by atoms with van der Waals surface area (Å²) < 4.78 is 11.4. The zero-order valence-corrected chi connectivity index (χ0v) is 20.7. The Morgan fingerprint density at radius 3 is 2.51 bits per heavy atom. The third-order valence-corrected chi connectivity index (χ3v) is 7.02. The number of aromatic hydroxyl groups is 1. The highest BCUT2D eigenvalue weighted by Gasteiger charge is 2.48. The SMILES string of the molecule is C=C(C)[C@@H]1CCC(C)=C[C@H]1c1c(O)cc(CCCCC)cc1O[C@@H]1O[C@H](C(=O)O)[C@@H](O)[C@H](O)[C@H]1O. The number of aliphatic carboxylic acids is 1. The highest BCUT2D eigenvalue weighted by molar-refractivity contribution is 5.73. The number of aryl methyl sites for hydroxylation is 1. The van der Waals surface area contributed by atoms with Crippen molar-refractivity contribution < 1.29 is 39.8 Å². The number of rotatable bonds is 9. The Labute approximate surface area is 206 Å². The van der Waals surface area contributed by atoms with Crippen molar-refractivity contribution in [3.63, 3.8) is 0 Å². The lowest BCUT2D eigenvalue weighted by Gasteiger charge is -2.39. The van der Waals surface area contributed by atoms with Gasteiger partial charge < -0.3 is 35.0 Å². The van der Waals surface area contributed by atoms with E-state index in [0.717, 1.165) is 43.2 Å². The van der Waals surface area contributed by atoms with E-state index >= 15 is 0 Å². The van der Waals surface area contributed by atoms with E-state index in [4.69, 9.17) is 9.47 Å². The van der Waals surface area contributed by atoms with Crippen LogP contribution in [0, 0.1) is 5.92 Å². The van der Waals surface area contributed by atoms with E-state index in [-0.39, 0.29) is 23.3 Å². The molecule has 5 N–H and O–H groups in total. The smallest absolute Gasteiger partial charge is 0.335 e. The molecule has 1 aromatic rings. The van der Waals surface area contributed by atoms with Crippen LogP contribution in [0.25, 0.3) is 0 Å². The molecule has 0 bridgehead atoms. The highest BCUT2D eigenvalue weighted by atomic mass is 16.7. The van der Waals surface area contributed by atoms with E-state index in [2.05, 4.69) is 19.6 Å². The lowest BCUT2D eigenvalue weighted by atomic mass is 9.73. The zero-order chi connectivity index (χ0) is 25.9. The maximum Gasteiger partial charge on any atom is 0.335 e. The number of hydrogen-bond donors (Lipinski definition) is 5. The Hall–Kier alpha value is -2.39. The van der Waals surface area contributed by atoms with Gasteiger partial charge >= 0.3 is 5.97 Å². The molecule has 1 aliphatic carbocycles. The molecular weight excluding hydrogens is 452 g/mol. The molecule has 3 rings (SSSR count). The number of carboxylic acid groups (broad SMARTS) is 1. The van der Waals surface area contributed by atoms with Gasteiger partial charge in [0.2, 0.25) is 6.29 Å². The average Bonchev–Trinajstić information content (AvgIpc) is 2.79. The van der Waals surface area contributed by atoms with Gasteiger partial charge in [0, 0.05) is 11.5 Å². The minimum Gasteiger partial charge on any atom is -0.507 e. The number of carboxylic acids is 1. The summed E-state index contributed by atoms with van der Waals surface area (Å²) in [6.45, 7) is 10.2. The lowest BCUT2D eigenvalue weighted by Crippen LogP contribution is -2.61. The first-order chi connectivity index (χ1) is 16.5. The summed E-state index contributed by atoms with van der Waals surface area (Å²) in [4.78, 5) is 11.5. The van der Waals surface area contributed by atoms with E-state index in [1.54, 1.807) is 12.1 Å². The maximum atomic E-state index is 11.5. The number of allylic oxidation sites excluding steroid dienone is 3. The van der Waals surface area contributed by atoms with Gasteiger partial charge in [-0.3, -0.25) is 0 Å². The van der Waals surface area contributed by atoms with Crippen LogP contribution in [0.1, 0.15) is 69.9 Å². The van der Waals surface area contributed by atoms with Crippen LogP contribution in [0.15, 0.2) is 35.9 Å². The molecule has 0 aromatic heterocycles. The van der Waals surface area contributed by atoms with Crippen molar-refractivity contribution in [2.45, 2.75) is 95.9 Å². The van der Waals surface area contributed by atoms with Gasteiger partial charge in [0.05, 0.1) is 0 Å². The minimum absolute atomic E-state index is 0.0388. The quantitative estimate of drug-likeness (QED) is 0.262. The van der Waals surface area contributed by atoms with E-state index in [9.17, 15) is 30.3 Å². The summed E-state index contributed by atoms with van der Waals surface area (Å²) in [6.07, 6.45) is -1.09. The van der Waals surface area contributed by atoms with Gasteiger partial charge in [-0.25, -0.2) is 4.79 Å². The Morgan fingerprint density at radius 2 is 1.89 bits per heavy atom. The summed E-state index contributed by atoms with van der Waals surface area (Å²) in [5.41, 5.74) is 3.47. The summed E-state index contributed by atoms with van der Waals surface area (Å²) >= 11 is 0. The standard InChI is InChI=1S/C27H38O8/c1-5-6-7-8-16-12-19(28)21(18-11-15(4)9-10-17(18)14(2)3)20(13-16)34-27-24(31)22(29)23(30)25(35-27)26(32)33/h11-13,17-18,22-25,27-31H,2,5-10H2,1,3-4H3,(H,32,33)/t17-,18+,22-,23-,24+,25-,27+/m0/s1. The van der Waals surface area contributed by atoms with E-state index < -0.39 is 36.7 Å². The van der Waals surface area contributed by atoms with Gasteiger partial charge in [0.15, 0.2) is 6.10 Å². The molecule has 1 heterocycles. The fourth-order valence-corrected chi connectivity index (χ4v) is 5.00. The second-order valence-electron chi connectivity index (χ2n) is 9.87. The third-order valence-electron chi connectivity index (χ3n) is 7.02. The first-order valence-electron chi connectivity index (χ1n) is 12.3. The fourth-order valence-electron chi connectivity index (χ4n) is 5.00. The molecule has 0 spiro atoms. The van der Waals surface area contributed by atoms with Crippen LogP contribution in [0.5, 0.6) is 11.5 Å². The number of carbonyl (C=O) groups is 1. The van der Waals surface area contributed by atoms with Crippen LogP contribution < -0.4 is 4.74 Å². The Bertz CT molecular complexity index is 955. The van der Waals surface area contributed by atoms with Crippen LogP contribution in [0.3, 0.4) is 0 Å². The van der Waals surface area contributed by atoms with Crippen molar-refractivity contribution in [1.29, 1.82) is 0 Å². The number of hydrogen-bond acceptors (Lipinski definition) is 7. The lowest BCUT2D eigenvalue weighted by molar-refractivity contribution is -0.271. The van der Waals surface area contributed by atoms with Gasteiger partial charge in [-0.15, -0.1) is 0 Å². The molecule has 8 heteroatoms. The molecule has 1 aromatic carbocycles. The molecular formula is C27H38O8. The first kappa shape index (κ1) is 27.2. The maximum absolute atomic E-state index is 11.5. The fraction of sp³-hybridized carbons (Fsp3) is 0.593. The molecule has 0 unspecified atom stereocenters. The number of ether oxygens (including phenoxy) is 2. The summed E-state index contributed by atoms with van der Waals surface area (Å²) in [7, 11) is 0. The van der Waals surface area contributed by atoms with Crippen molar-refractivity contribution in [2.75, 3.05) is 0 Å². The summed E-state index contributed by atoms with van der Waals surface area (Å²) in [6, 6.07) is 3.50. The van der Waals surface area contributed by atoms with Gasteiger partial charge in [0.1, 0.15) is 29.8 Å². The zero-order valence-electron chi connectivity index (χ0n) is 20.7. The number of unbranched alkanes of at least 4 members (excludes halogenated alkanes) is 2. The molecule has 1 aliphatic heterocycles. The van der Waals surface area contributed by atoms with Gasteiger partial charge in [-0.2, -0.15) is 0 Å². The molecule has 1 saturated heterocycles. The molecule has 7 atom stereocenters. The number of phenols is 1. The Morgan fingerprint density at radius 1 is 1.17 bits per heavy atom. The van der Waals surface area contributed by atoms with Gasteiger partial charge in [-0.05, 0) is 63.1 Å². The molecule has 35 heavy (non-hydrogen) atoms. The van der Waals surface area contributed by atoms with E-state index in [1.807, 2.05) is 13.8 Å². The second-order valence-corrected chi connectivity index (χ2v) is 9.87. The van der Waals surface area contributed by atoms with E-state index in [0.29, 0.717) is 12.0 Å². The number of aliphatic hydroxyl groups excluding tert-OH is 3. The van der Waals surface area contributed by atoms with Crippen molar-refractivity contribution >= 4 is 5.97 Å². The van der Waals surface area contributed by atoms with Crippen molar-refractivity contribution in [3.8, 4) is 11.5 Å². The molecule has 0 radical (unpaired) electrons. The molecule has 194 valence electrons. The monoisotopic (exact) mass is 490 g/mol.